The Morgan fingerprint density at radius 2 is 1.44 bits per heavy atom. The Morgan fingerprint density at radius 3 is 1.94 bits per heavy atom. The van der Waals surface area contributed by atoms with E-state index in [0.29, 0.717) is 19.3 Å². The fraction of sp³-hybridized carbons (Fsp3) is 0.929. The van der Waals surface area contributed by atoms with E-state index in [0.717, 1.165) is 12.8 Å². The van der Waals surface area contributed by atoms with Gasteiger partial charge < -0.3 is 5.11 Å². The summed E-state index contributed by atoms with van der Waals surface area (Å²) in [6.45, 7) is 5.96. The molecule has 0 aliphatic rings. The minimum absolute atomic E-state index is 0.0352. The topological polar surface area (TPSA) is 37.3 Å². The van der Waals surface area contributed by atoms with Crippen LogP contribution in [0.1, 0.15) is 78.6 Å². The average molecular weight is 228 g/mol. The quantitative estimate of drug-likeness (QED) is 0.576. The van der Waals surface area contributed by atoms with Gasteiger partial charge in [-0.3, -0.25) is 4.79 Å². The second-order valence-corrected chi connectivity index (χ2v) is 4.68. The van der Waals surface area contributed by atoms with Crippen molar-refractivity contribution in [1.82, 2.24) is 0 Å². The molecule has 0 atom stereocenters. The number of carbonyl (C=O) groups is 1. The predicted octanol–water partition coefficient (Wildman–Crippen LogP) is 3.86. The van der Waals surface area contributed by atoms with Crippen LogP contribution in [0.4, 0.5) is 0 Å². The van der Waals surface area contributed by atoms with Crippen LogP contribution < -0.4 is 0 Å². The molecule has 0 rings (SSSR count). The molecule has 0 radical (unpaired) electrons. The summed E-state index contributed by atoms with van der Waals surface area (Å²) in [4.78, 5) is 11.8. The van der Waals surface area contributed by atoms with Gasteiger partial charge in [0.1, 0.15) is 5.60 Å². The fourth-order valence-electron chi connectivity index (χ4n) is 1.94. The van der Waals surface area contributed by atoms with E-state index < -0.39 is 5.60 Å². The van der Waals surface area contributed by atoms with Gasteiger partial charge in [0.15, 0.2) is 5.78 Å². The number of hydrogen-bond acceptors (Lipinski definition) is 2. The predicted molar refractivity (Wildman–Crippen MR) is 68.5 cm³/mol. The van der Waals surface area contributed by atoms with Crippen LogP contribution in [0.5, 0.6) is 0 Å². The molecule has 0 aromatic heterocycles. The molecular weight excluding hydrogens is 200 g/mol. The maximum absolute atomic E-state index is 11.8. The number of aliphatic hydroxyl groups is 1. The molecule has 0 bridgehead atoms. The highest BCUT2D eigenvalue weighted by molar-refractivity contribution is 5.86. The second-order valence-electron chi connectivity index (χ2n) is 4.68. The molecule has 2 nitrogen and oxygen atoms in total. The molecule has 96 valence electrons. The Balaban J connectivity index is 3.64. The summed E-state index contributed by atoms with van der Waals surface area (Å²) in [6.07, 6.45) is 8.72. The van der Waals surface area contributed by atoms with E-state index in [1.165, 1.54) is 25.7 Å². The van der Waals surface area contributed by atoms with E-state index in [4.69, 9.17) is 0 Å². The first-order chi connectivity index (χ1) is 7.60. The number of rotatable bonds is 10. The van der Waals surface area contributed by atoms with Crippen LogP contribution in [0.25, 0.3) is 0 Å². The SMILES string of the molecule is CCCCCCCCC(=O)C(O)(CC)CC. The summed E-state index contributed by atoms with van der Waals surface area (Å²) in [5.74, 6) is 0.0352. The number of unbranched alkanes of at least 4 members (excludes halogenated alkanes) is 5. The zero-order valence-electron chi connectivity index (χ0n) is 11.2. The van der Waals surface area contributed by atoms with Crippen molar-refractivity contribution in [1.29, 1.82) is 0 Å². The Bertz CT molecular complexity index is 183. The Hall–Kier alpha value is -0.370. The van der Waals surface area contributed by atoms with Gasteiger partial charge in [-0.15, -0.1) is 0 Å². The van der Waals surface area contributed by atoms with Gasteiger partial charge in [-0.1, -0.05) is 52.9 Å². The van der Waals surface area contributed by atoms with Crippen molar-refractivity contribution in [3.63, 3.8) is 0 Å². The number of ketones is 1. The monoisotopic (exact) mass is 228 g/mol. The van der Waals surface area contributed by atoms with Gasteiger partial charge in [-0.05, 0) is 19.3 Å². The van der Waals surface area contributed by atoms with Crippen LogP contribution in [-0.4, -0.2) is 16.5 Å². The van der Waals surface area contributed by atoms with Crippen molar-refractivity contribution < 1.29 is 9.90 Å². The molecule has 0 aliphatic heterocycles. The lowest BCUT2D eigenvalue weighted by Gasteiger charge is -2.23. The Morgan fingerprint density at radius 1 is 0.938 bits per heavy atom. The van der Waals surface area contributed by atoms with E-state index in [-0.39, 0.29) is 5.78 Å². The smallest absolute Gasteiger partial charge is 0.164 e. The second kappa shape index (κ2) is 8.74. The maximum atomic E-state index is 11.8. The normalized spacial score (nSPS) is 11.8. The molecule has 0 saturated heterocycles. The fourth-order valence-corrected chi connectivity index (χ4v) is 1.94. The molecule has 0 aliphatic carbocycles. The van der Waals surface area contributed by atoms with Crippen molar-refractivity contribution in [3.8, 4) is 0 Å². The van der Waals surface area contributed by atoms with Gasteiger partial charge in [-0.2, -0.15) is 0 Å². The lowest BCUT2D eigenvalue weighted by atomic mass is 9.89. The summed E-state index contributed by atoms with van der Waals surface area (Å²) < 4.78 is 0. The molecule has 0 saturated carbocycles. The molecule has 0 spiro atoms. The van der Waals surface area contributed by atoms with E-state index in [1.54, 1.807) is 0 Å². The van der Waals surface area contributed by atoms with E-state index in [2.05, 4.69) is 6.92 Å². The summed E-state index contributed by atoms with van der Waals surface area (Å²) in [6, 6.07) is 0. The molecule has 0 unspecified atom stereocenters. The largest absolute Gasteiger partial charge is 0.382 e. The average Bonchev–Trinajstić information content (AvgIpc) is 2.32. The maximum Gasteiger partial charge on any atom is 0.164 e. The van der Waals surface area contributed by atoms with Gasteiger partial charge in [0.2, 0.25) is 0 Å². The van der Waals surface area contributed by atoms with Crippen LogP contribution in [-0.2, 0) is 4.79 Å². The van der Waals surface area contributed by atoms with Gasteiger partial charge in [0.25, 0.3) is 0 Å². The van der Waals surface area contributed by atoms with Crippen LogP contribution in [0.15, 0.2) is 0 Å². The lowest BCUT2D eigenvalue weighted by molar-refractivity contribution is -0.138. The molecule has 0 aromatic rings. The van der Waals surface area contributed by atoms with Gasteiger partial charge in [-0.25, -0.2) is 0 Å². The molecular formula is C14H28O2. The number of carbonyl (C=O) groups excluding carboxylic acids is 1. The van der Waals surface area contributed by atoms with Crippen LogP contribution in [0, 0.1) is 0 Å². The Labute approximate surface area is 100 Å². The third-order valence-corrected chi connectivity index (χ3v) is 3.45. The summed E-state index contributed by atoms with van der Waals surface area (Å²) in [7, 11) is 0. The minimum Gasteiger partial charge on any atom is -0.382 e. The third-order valence-electron chi connectivity index (χ3n) is 3.45. The van der Waals surface area contributed by atoms with Crippen molar-refractivity contribution in [2.45, 2.75) is 84.2 Å². The zero-order chi connectivity index (χ0) is 12.4. The first-order valence-electron chi connectivity index (χ1n) is 6.86. The Kier molecular flexibility index (Phi) is 8.54. The van der Waals surface area contributed by atoms with Crippen molar-refractivity contribution in [2.75, 3.05) is 0 Å². The first kappa shape index (κ1) is 15.6. The number of Topliss-reactive ketones (excluding diaryl/α,β-unsaturated/α-hetero) is 1. The van der Waals surface area contributed by atoms with Crippen LogP contribution >= 0.6 is 0 Å². The van der Waals surface area contributed by atoms with Gasteiger partial charge in [0, 0.05) is 6.42 Å². The van der Waals surface area contributed by atoms with Crippen molar-refractivity contribution >= 4 is 5.78 Å². The number of hydrogen-bond donors (Lipinski definition) is 1. The van der Waals surface area contributed by atoms with Gasteiger partial charge in [0.05, 0.1) is 0 Å². The molecule has 0 heterocycles. The first-order valence-corrected chi connectivity index (χ1v) is 6.86. The van der Waals surface area contributed by atoms with E-state index in [1.807, 2.05) is 13.8 Å². The highest BCUT2D eigenvalue weighted by Gasteiger charge is 2.30. The summed E-state index contributed by atoms with van der Waals surface area (Å²) in [5, 5.41) is 9.99. The highest BCUT2D eigenvalue weighted by atomic mass is 16.3. The molecule has 0 aromatic carbocycles. The summed E-state index contributed by atoms with van der Waals surface area (Å²) >= 11 is 0. The standard InChI is InChI=1S/C14H28O2/c1-4-7-8-9-10-11-12-13(15)14(16,5-2)6-3/h16H,4-12H2,1-3H3. The summed E-state index contributed by atoms with van der Waals surface area (Å²) in [5.41, 5.74) is -1.05. The van der Waals surface area contributed by atoms with Crippen molar-refractivity contribution in [3.05, 3.63) is 0 Å². The molecule has 0 amide bonds. The van der Waals surface area contributed by atoms with Gasteiger partial charge >= 0.3 is 0 Å². The molecule has 16 heavy (non-hydrogen) atoms. The minimum atomic E-state index is -1.05. The zero-order valence-corrected chi connectivity index (χ0v) is 11.2. The van der Waals surface area contributed by atoms with E-state index in [9.17, 15) is 9.90 Å². The lowest BCUT2D eigenvalue weighted by Crippen LogP contribution is -2.36. The van der Waals surface area contributed by atoms with E-state index >= 15 is 0 Å². The highest BCUT2D eigenvalue weighted by Crippen LogP contribution is 2.19. The molecule has 0 fully saturated rings. The molecule has 1 N–H and O–H groups in total. The van der Waals surface area contributed by atoms with Crippen LogP contribution in [0.3, 0.4) is 0 Å². The van der Waals surface area contributed by atoms with Crippen molar-refractivity contribution in [2.24, 2.45) is 0 Å². The third kappa shape index (κ3) is 5.64. The van der Waals surface area contributed by atoms with Crippen LogP contribution in [0.2, 0.25) is 0 Å². The molecule has 2 heteroatoms.